The lowest BCUT2D eigenvalue weighted by atomic mass is 10.00. The minimum Gasteiger partial charge on any atom is -0.480 e. The SMILES string of the molecule is CC(Oc1ccccc1F)c1nnc(SCC(=O)N2CCc3ccccc3C2)n1C(C)C. The van der Waals surface area contributed by atoms with E-state index in [-0.39, 0.29) is 23.5 Å². The van der Waals surface area contributed by atoms with Crippen LogP contribution in [-0.4, -0.2) is 37.9 Å². The molecule has 1 unspecified atom stereocenters. The number of benzene rings is 2. The van der Waals surface area contributed by atoms with Crippen LogP contribution in [0.5, 0.6) is 5.75 Å². The van der Waals surface area contributed by atoms with Gasteiger partial charge in [0.25, 0.3) is 0 Å². The highest BCUT2D eigenvalue weighted by Gasteiger charge is 2.25. The monoisotopic (exact) mass is 454 g/mol. The highest BCUT2D eigenvalue weighted by Crippen LogP contribution is 2.29. The van der Waals surface area contributed by atoms with Crippen LogP contribution in [0.15, 0.2) is 53.7 Å². The van der Waals surface area contributed by atoms with Gasteiger partial charge in [-0.15, -0.1) is 10.2 Å². The molecule has 0 spiro atoms. The third-order valence-electron chi connectivity index (χ3n) is 5.52. The minimum atomic E-state index is -0.495. The number of hydrogen-bond donors (Lipinski definition) is 0. The third kappa shape index (κ3) is 4.80. The molecule has 0 bridgehead atoms. The van der Waals surface area contributed by atoms with Gasteiger partial charge in [-0.2, -0.15) is 0 Å². The molecule has 1 atom stereocenters. The highest BCUT2D eigenvalue weighted by molar-refractivity contribution is 7.99. The number of hydrogen-bond acceptors (Lipinski definition) is 5. The average Bonchev–Trinajstić information content (AvgIpc) is 3.23. The first-order chi connectivity index (χ1) is 15.4. The number of aromatic nitrogens is 3. The molecule has 0 saturated carbocycles. The fourth-order valence-corrected chi connectivity index (χ4v) is 4.84. The van der Waals surface area contributed by atoms with Crippen molar-refractivity contribution in [3.8, 4) is 5.75 Å². The van der Waals surface area contributed by atoms with E-state index in [1.807, 2.05) is 42.4 Å². The van der Waals surface area contributed by atoms with Gasteiger partial charge in [-0.25, -0.2) is 4.39 Å². The molecule has 0 radical (unpaired) electrons. The van der Waals surface area contributed by atoms with Gasteiger partial charge in [-0.1, -0.05) is 48.2 Å². The summed E-state index contributed by atoms with van der Waals surface area (Å²) in [6, 6.07) is 14.6. The first kappa shape index (κ1) is 22.3. The number of carbonyl (C=O) groups is 1. The van der Waals surface area contributed by atoms with Crippen LogP contribution in [0.1, 0.15) is 49.9 Å². The maximum Gasteiger partial charge on any atom is 0.233 e. The molecule has 4 rings (SSSR count). The molecule has 0 saturated heterocycles. The lowest BCUT2D eigenvalue weighted by Gasteiger charge is -2.28. The van der Waals surface area contributed by atoms with E-state index in [9.17, 15) is 9.18 Å². The fourth-order valence-electron chi connectivity index (χ4n) is 3.86. The van der Waals surface area contributed by atoms with E-state index < -0.39 is 11.9 Å². The Morgan fingerprint density at radius 3 is 2.56 bits per heavy atom. The number of halogens is 1. The Morgan fingerprint density at radius 2 is 1.81 bits per heavy atom. The number of fused-ring (bicyclic) bond motifs is 1. The van der Waals surface area contributed by atoms with Gasteiger partial charge in [0.05, 0.1) is 5.75 Å². The van der Waals surface area contributed by atoms with E-state index in [2.05, 4.69) is 22.3 Å². The second-order valence-corrected chi connectivity index (χ2v) is 9.06. The van der Waals surface area contributed by atoms with Crippen molar-refractivity contribution in [1.29, 1.82) is 0 Å². The maximum atomic E-state index is 14.0. The molecule has 6 nitrogen and oxygen atoms in total. The van der Waals surface area contributed by atoms with Gasteiger partial charge in [0.2, 0.25) is 5.91 Å². The molecular formula is C24H27FN4O2S. The molecule has 8 heteroatoms. The normalized spacial score (nSPS) is 14.3. The largest absolute Gasteiger partial charge is 0.480 e. The molecule has 1 aromatic heterocycles. The quantitative estimate of drug-likeness (QED) is 0.479. The number of ether oxygens (including phenoxy) is 1. The fraction of sp³-hybridized carbons (Fsp3) is 0.375. The number of carbonyl (C=O) groups excluding carboxylic acids is 1. The summed E-state index contributed by atoms with van der Waals surface area (Å²) in [4.78, 5) is 14.8. The van der Waals surface area contributed by atoms with Crippen molar-refractivity contribution < 1.29 is 13.9 Å². The predicted octanol–water partition coefficient (Wildman–Crippen LogP) is 4.82. The summed E-state index contributed by atoms with van der Waals surface area (Å²) in [6.07, 6.45) is 0.384. The van der Waals surface area contributed by atoms with Crippen LogP contribution in [0, 0.1) is 5.82 Å². The van der Waals surface area contributed by atoms with Crippen molar-refractivity contribution in [3.63, 3.8) is 0 Å². The summed E-state index contributed by atoms with van der Waals surface area (Å²) >= 11 is 1.37. The molecule has 1 amide bonds. The highest BCUT2D eigenvalue weighted by atomic mass is 32.2. The summed E-state index contributed by atoms with van der Waals surface area (Å²) in [5, 5.41) is 9.27. The van der Waals surface area contributed by atoms with Crippen LogP contribution >= 0.6 is 11.8 Å². The van der Waals surface area contributed by atoms with Crippen molar-refractivity contribution >= 4 is 17.7 Å². The van der Waals surface area contributed by atoms with Crippen molar-refractivity contribution in [2.24, 2.45) is 0 Å². The molecule has 3 aromatic rings. The zero-order valence-corrected chi connectivity index (χ0v) is 19.3. The van der Waals surface area contributed by atoms with Gasteiger partial charge >= 0.3 is 0 Å². The molecule has 0 N–H and O–H groups in total. The maximum absolute atomic E-state index is 14.0. The lowest BCUT2D eigenvalue weighted by Crippen LogP contribution is -2.37. The van der Waals surface area contributed by atoms with E-state index in [0.717, 1.165) is 13.0 Å². The van der Waals surface area contributed by atoms with E-state index in [0.29, 0.717) is 17.5 Å². The number of rotatable bonds is 7. The van der Waals surface area contributed by atoms with E-state index in [4.69, 9.17) is 4.74 Å². The molecule has 1 aliphatic heterocycles. The molecule has 2 heterocycles. The van der Waals surface area contributed by atoms with Crippen LogP contribution in [0.4, 0.5) is 4.39 Å². The summed E-state index contributed by atoms with van der Waals surface area (Å²) in [5.74, 6) is 0.728. The Balaban J connectivity index is 1.43. The first-order valence-electron chi connectivity index (χ1n) is 10.8. The number of nitrogens with zero attached hydrogens (tertiary/aromatic N) is 4. The van der Waals surface area contributed by atoms with Crippen LogP contribution in [0.25, 0.3) is 0 Å². The smallest absolute Gasteiger partial charge is 0.233 e. The van der Waals surface area contributed by atoms with Gasteiger partial charge in [0, 0.05) is 19.1 Å². The second-order valence-electron chi connectivity index (χ2n) is 8.12. The topological polar surface area (TPSA) is 60.3 Å². The Morgan fingerprint density at radius 1 is 1.09 bits per heavy atom. The van der Waals surface area contributed by atoms with E-state index >= 15 is 0 Å². The van der Waals surface area contributed by atoms with Gasteiger partial charge in [-0.3, -0.25) is 4.79 Å². The second kappa shape index (κ2) is 9.73. The Bertz CT molecular complexity index is 1100. The number of amides is 1. The zero-order chi connectivity index (χ0) is 22.7. The zero-order valence-electron chi connectivity index (χ0n) is 18.5. The summed E-state index contributed by atoms with van der Waals surface area (Å²) in [7, 11) is 0. The molecule has 0 fully saturated rings. The standard InChI is InChI=1S/C24H27FN4O2S/c1-16(2)29-23(17(3)31-21-11-7-6-10-20(21)25)26-27-24(29)32-15-22(30)28-13-12-18-8-4-5-9-19(18)14-28/h4-11,16-17H,12-15H2,1-3H3. The molecular weight excluding hydrogens is 427 g/mol. The molecule has 0 aliphatic carbocycles. The van der Waals surface area contributed by atoms with Crippen molar-refractivity contribution in [1.82, 2.24) is 19.7 Å². The van der Waals surface area contributed by atoms with E-state index in [1.54, 1.807) is 18.2 Å². The molecule has 2 aromatic carbocycles. The van der Waals surface area contributed by atoms with E-state index in [1.165, 1.54) is 29.0 Å². The van der Waals surface area contributed by atoms with Crippen LogP contribution in [0.3, 0.4) is 0 Å². The van der Waals surface area contributed by atoms with Crippen LogP contribution in [-0.2, 0) is 17.8 Å². The summed E-state index contributed by atoms with van der Waals surface area (Å²) in [6.45, 7) is 7.24. The molecule has 168 valence electrons. The molecule has 1 aliphatic rings. The average molecular weight is 455 g/mol. The van der Waals surface area contributed by atoms with Gasteiger partial charge in [0.15, 0.2) is 28.7 Å². The third-order valence-corrected chi connectivity index (χ3v) is 6.45. The minimum absolute atomic E-state index is 0.0612. The number of para-hydroxylation sites is 1. The Labute approximate surface area is 191 Å². The molecule has 32 heavy (non-hydrogen) atoms. The lowest BCUT2D eigenvalue weighted by molar-refractivity contribution is -0.129. The Kier molecular flexibility index (Phi) is 6.79. The van der Waals surface area contributed by atoms with Crippen molar-refractivity contribution in [3.05, 3.63) is 71.3 Å². The Hall–Kier alpha value is -2.87. The predicted molar refractivity (Wildman–Crippen MR) is 122 cm³/mol. The van der Waals surface area contributed by atoms with Crippen molar-refractivity contribution in [2.75, 3.05) is 12.3 Å². The summed E-state index contributed by atoms with van der Waals surface area (Å²) in [5.41, 5.74) is 2.53. The van der Waals surface area contributed by atoms with Crippen molar-refractivity contribution in [2.45, 2.75) is 51.0 Å². The van der Waals surface area contributed by atoms with Crippen LogP contribution in [0.2, 0.25) is 0 Å². The van der Waals surface area contributed by atoms with Gasteiger partial charge < -0.3 is 14.2 Å². The first-order valence-corrected chi connectivity index (χ1v) is 11.8. The van der Waals surface area contributed by atoms with Gasteiger partial charge in [-0.05, 0) is 50.5 Å². The summed E-state index contributed by atoms with van der Waals surface area (Å²) < 4.78 is 21.8. The number of thioether (sulfide) groups is 1. The van der Waals surface area contributed by atoms with Crippen LogP contribution < -0.4 is 4.74 Å². The van der Waals surface area contributed by atoms with Gasteiger partial charge in [0.1, 0.15) is 0 Å².